The fourth-order valence-electron chi connectivity index (χ4n) is 2.33. The number of nitrogens with zero attached hydrogens (tertiary/aromatic N) is 2. The number of rotatable bonds is 1. The van der Waals surface area contributed by atoms with E-state index in [1.54, 1.807) is 0 Å². The van der Waals surface area contributed by atoms with Gasteiger partial charge in [-0.15, -0.1) is 0 Å². The average Bonchev–Trinajstić information content (AvgIpc) is 2.69. The maximum atomic E-state index is 4.71. The largest absolute Gasteiger partial charge is 0.316 e. The van der Waals surface area contributed by atoms with Crippen LogP contribution in [0.4, 0.5) is 0 Å². The summed E-state index contributed by atoms with van der Waals surface area (Å²) < 4.78 is 3.21. The van der Waals surface area contributed by atoms with E-state index in [-0.39, 0.29) is 0 Å². The second-order valence-electron chi connectivity index (χ2n) is 4.26. The molecule has 1 fully saturated rings. The number of hydrogen-bond acceptors (Lipinski definition) is 2. The molecule has 3 nitrogen and oxygen atoms in total. The third-order valence-corrected chi connectivity index (χ3v) is 3.97. The molecular formula is C12H14BrN3. The van der Waals surface area contributed by atoms with E-state index in [0.717, 1.165) is 23.3 Å². The first-order chi connectivity index (χ1) is 7.86. The zero-order valence-electron chi connectivity index (χ0n) is 8.99. The van der Waals surface area contributed by atoms with Crippen LogP contribution < -0.4 is 5.32 Å². The second kappa shape index (κ2) is 4.18. The molecule has 0 bridgehead atoms. The molecule has 0 amide bonds. The number of nitrogens with one attached hydrogen (secondary N) is 1. The van der Waals surface area contributed by atoms with Gasteiger partial charge >= 0.3 is 0 Å². The van der Waals surface area contributed by atoms with Gasteiger partial charge in [0.25, 0.3) is 0 Å². The highest BCUT2D eigenvalue weighted by Crippen LogP contribution is 2.29. The molecule has 3 heterocycles. The Morgan fingerprint density at radius 1 is 1.44 bits per heavy atom. The lowest BCUT2D eigenvalue weighted by Gasteiger charge is -2.21. The molecular weight excluding hydrogens is 266 g/mol. The van der Waals surface area contributed by atoms with Gasteiger partial charge in [-0.2, -0.15) is 0 Å². The van der Waals surface area contributed by atoms with Crippen LogP contribution in [0.25, 0.3) is 5.65 Å². The Hall–Kier alpha value is -0.870. The molecule has 1 aliphatic heterocycles. The first-order valence-corrected chi connectivity index (χ1v) is 6.49. The van der Waals surface area contributed by atoms with Gasteiger partial charge in [-0.3, -0.25) is 4.40 Å². The van der Waals surface area contributed by atoms with Crippen molar-refractivity contribution in [2.24, 2.45) is 0 Å². The fraction of sp³-hybridized carbons (Fsp3) is 0.417. The summed E-state index contributed by atoms with van der Waals surface area (Å²) in [5, 5.41) is 3.43. The van der Waals surface area contributed by atoms with Gasteiger partial charge in [0, 0.05) is 18.7 Å². The number of piperidine rings is 1. The Bertz CT molecular complexity index is 500. The lowest BCUT2D eigenvalue weighted by atomic mass is 9.97. The van der Waals surface area contributed by atoms with Crippen LogP contribution in [0.15, 0.2) is 29.0 Å². The number of halogens is 1. The molecule has 1 saturated heterocycles. The highest BCUT2D eigenvalue weighted by atomic mass is 79.9. The SMILES string of the molecule is Brc1c(C2CCCNC2)nc2ccccn12. The summed E-state index contributed by atoms with van der Waals surface area (Å²) in [5.41, 5.74) is 2.22. The molecule has 1 N–H and O–H groups in total. The van der Waals surface area contributed by atoms with Crippen molar-refractivity contribution in [3.8, 4) is 0 Å². The van der Waals surface area contributed by atoms with Crippen molar-refractivity contribution in [3.63, 3.8) is 0 Å². The van der Waals surface area contributed by atoms with E-state index in [1.807, 2.05) is 24.4 Å². The Morgan fingerprint density at radius 2 is 2.38 bits per heavy atom. The summed E-state index contributed by atoms with van der Waals surface area (Å²) in [5.74, 6) is 0.544. The predicted molar refractivity (Wildman–Crippen MR) is 67.7 cm³/mol. The Morgan fingerprint density at radius 3 is 3.12 bits per heavy atom. The number of aromatic nitrogens is 2. The third kappa shape index (κ3) is 1.66. The van der Waals surface area contributed by atoms with Crippen LogP contribution in [-0.2, 0) is 0 Å². The summed E-state index contributed by atoms with van der Waals surface area (Å²) in [6.07, 6.45) is 4.52. The summed E-state index contributed by atoms with van der Waals surface area (Å²) in [4.78, 5) is 4.71. The van der Waals surface area contributed by atoms with Crippen molar-refractivity contribution in [2.45, 2.75) is 18.8 Å². The molecule has 0 radical (unpaired) electrons. The maximum Gasteiger partial charge on any atom is 0.137 e. The number of hydrogen-bond donors (Lipinski definition) is 1. The Kier molecular flexibility index (Phi) is 2.69. The molecule has 16 heavy (non-hydrogen) atoms. The van der Waals surface area contributed by atoms with Crippen LogP contribution in [0.5, 0.6) is 0 Å². The minimum Gasteiger partial charge on any atom is -0.316 e. The molecule has 3 rings (SSSR count). The van der Waals surface area contributed by atoms with Crippen LogP contribution in [0.1, 0.15) is 24.5 Å². The molecule has 0 aromatic carbocycles. The average molecular weight is 280 g/mol. The van der Waals surface area contributed by atoms with E-state index in [2.05, 4.69) is 25.6 Å². The van der Waals surface area contributed by atoms with Crippen molar-refractivity contribution >= 4 is 21.6 Å². The van der Waals surface area contributed by atoms with Crippen molar-refractivity contribution in [3.05, 3.63) is 34.7 Å². The van der Waals surface area contributed by atoms with Crippen LogP contribution in [0.3, 0.4) is 0 Å². The topological polar surface area (TPSA) is 29.3 Å². The van der Waals surface area contributed by atoms with Crippen molar-refractivity contribution in [1.82, 2.24) is 14.7 Å². The number of fused-ring (bicyclic) bond motifs is 1. The van der Waals surface area contributed by atoms with E-state index < -0.39 is 0 Å². The fourth-order valence-corrected chi connectivity index (χ4v) is 3.04. The van der Waals surface area contributed by atoms with E-state index in [9.17, 15) is 0 Å². The summed E-state index contributed by atoms with van der Waals surface area (Å²) in [6, 6.07) is 6.10. The van der Waals surface area contributed by atoms with Crippen molar-refractivity contribution in [2.75, 3.05) is 13.1 Å². The van der Waals surface area contributed by atoms with E-state index >= 15 is 0 Å². The molecule has 2 aromatic rings. The van der Waals surface area contributed by atoms with Gasteiger partial charge < -0.3 is 5.32 Å². The zero-order valence-corrected chi connectivity index (χ0v) is 10.6. The lowest BCUT2D eigenvalue weighted by molar-refractivity contribution is 0.454. The standard InChI is InChI=1S/C12H14BrN3/c13-12-11(9-4-3-6-14-8-9)15-10-5-1-2-7-16(10)12/h1-2,5,7,9,14H,3-4,6,8H2. The van der Waals surface area contributed by atoms with Crippen LogP contribution >= 0.6 is 15.9 Å². The number of imidazole rings is 1. The van der Waals surface area contributed by atoms with E-state index in [4.69, 9.17) is 4.98 Å². The number of pyridine rings is 1. The Balaban J connectivity index is 2.05. The molecule has 0 spiro atoms. The van der Waals surface area contributed by atoms with Gasteiger partial charge in [-0.1, -0.05) is 6.07 Å². The first-order valence-electron chi connectivity index (χ1n) is 5.69. The zero-order chi connectivity index (χ0) is 11.0. The summed E-state index contributed by atoms with van der Waals surface area (Å²) >= 11 is 3.66. The molecule has 84 valence electrons. The minimum absolute atomic E-state index is 0.544. The van der Waals surface area contributed by atoms with E-state index in [1.165, 1.54) is 18.5 Å². The molecule has 1 aliphatic rings. The van der Waals surface area contributed by atoms with Gasteiger partial charge in [-0.25, -0.2) is 4.98 Å². The van der Waals surface area contributed by atoms with Gasteiger partial charge in [0.05, 0.1) is 5.69 Å². The molecule has 2 aromatic heterocycles. The van der Waals surface area contributed by atoms with Crippen LogP contribution in [0, 0.1) is 0 Å². The lowest BCUT2D eigenvalue weighted by Crippen LogP contribution is -2.28. The molecule has 0 saturated carbocycles. The van der Waals surface area contributed by atoms with E-state index in [0.29, 0.717) is 5.92 Å². The van der Waals surface area contributed by atoms with Crippen LogP contribution in [0.2, 0.25) is 0 Å². The molecule has 0 aliphatic carbocycles. The predicted octanol–water partition coefficient (Wildman–Crippen LogP) is 2.56. The molecule has 4 heteroatoms. The van der Waals surface area contributed by atoms with Crippen molar-refractivity contribution < 1.29 is 0 Å². The van der Waals surface area contributed by atoms with Gasteiger partial charge in [0.15, 0.2) is 0 Å². The van der Waals surface area contributed by atoms with Gasteiger partial charge in [0.2, 0.25) is 0 Å². The monoisotopic (exact) mass is 279 g/mol. The van der Waals surface area contributed by atoms with Gasteiger partial charge in [0.1, 0.15) is 10.3 Å². The summed E-state index contributed by atoms with van der Waals surface area (Å²) in [6.45, 7) is 2.18. The summed E-state index contributed by atoms with van der Waals surface area (Å²) in [7, 11) is 0. The first kappa shape index (κ1) is 10.3. The molecule has 1 unspecified atom stereocenters. The normalized spacial score (nSPS) is 21.4. The second-order valence-corrected chi connectivity index (χ2v) is 5.01. The van der Waals surface area contributed by atoms with Gasteiger partial charge in [-0.05, 0) is 47.4 Å². The molecule has 1 atom stereocenters. The minimum atomic E-state index is 0.544. The van der Waals surface area contributed by atoms with Crippen LogP contribution in [-0.4, -0.2) is 22.5 Å². The quantitative estimate of drug-likeness (QED) is 0.870. The third-order valence-electron chi connectivity index (χ3n) is 3.18. The maximum absolute atomic E-state index is 4.71. The Labute approximate surface area is 103 Å². The van der Waals surface area contributed by atoms with Crippen molar-refractivity contribution in [1.29, 1.82) is 0 Å². The highest BCUT2D eigenvalue weighted by molar-refractivity contribution is 9.10. The highest BCUT2D eigenvalue weighted by Gasteiger charge is 2.21. The smallest absolute Gasteiger partial charge is 0.137 e.